The van der Waals surface area contributed by atoms with Crippen molar-refractivity contribution < 1.29 is 10.2 Å². The maximum absolute atomic E-state index is 9.90. The maximum Gasteiger partial charge on any atom is 0.0941 e. The number of nitrogens with two attached hydrogens (primary N) is 1. The van der Waals surface area contributed by atoms with Crippen LogP contribution in [0.4, 0.5) is 0 Å². The molecule has 0 heterocycles. The van der Waals surface area contributed by atoms with E-state index in [0.717, 1.165) is 11.1 Å². The largest absolute Gasteiger partial charge is 0.396 e. The van der Waals surface area contributed by atoms with Crippen LogP contribution >= 0.6 is 0 Å². The molecule has 0 amide bonds. The van der Waals surface area contributed by atoms with Crippen molar-refractivity contribution >= 4 is 0 Å². The first-order valence-electron chi connectivity index (χ1n) is 5.18. The Hall–Kier alpha value is -0.900. The summed E-state index contributed by atoms with van der Waals surface area (Å²) in [7, 11) is 0. The fraction of sp³-hybridized carbons (Fsp3) is 0.500. The van der Waals surface area contributed by atoms with E-state index in [1.807, 2.05) is 32.0 Å². The van der Waals surface area contributed by atoms with Gasteiger partial charge < -0.3 is 15.9 Å². The van der Waals surface area contributed by atoms with Gasteiger partial charge in [-0.3, -0.25) is 0 Å². The van der Waals surface area contributed by atoms with Gasteiger partial charge in [0.05, 0.1) is 6.10 Å². The van der Waals surface area contributed by atoms with Gasteiger partial charge in [-0.25, -0.2) is 0 Å². The average Bonchev–Trinajstić information content (AvgIpc) is 2.21. The van der Waals surface area contributed by atoms with E-state index >= 15 is 0 Å². The van der Waals surface area contributed by atoms with E-state index in [0.29, 0.717) is 6.42 Å². The van der Waals surface area contributed by atoms with E-state index in [2.05, 4.69) is 0 Å². The fourth-order valence-electron chi connectivity index (χ4n) is 1.50. The van der Waals surface area contributed by atoms with E-state index in [1.54, 1.807) is 0 Å². The minimum atomic E-state index is -0.698. The SMILES string of the molecule is Cc1ccc(C(O)C(N)CCO)cc1C. The molecule has 2 atom stereocenters. The first-order valence-corrected chi connectivity index (χ1v) is 5.18. The molecule has 0 saturated heterocycles. The van der Waals surface area contributed by atoms with Crippen LogP contribution in [0.15, 0.2) is 18.2 Å². The third kappa shape index (κ3) is 3.02. The van der Waals surface area contributed by atoms with Crippen LogP contribution in [0.5, 0.6) is 0 Å². The Morgan fingerprint density at radius 2 is 1.93 bits per heavy atom. The molecule has 0 aliphatic rings. The van der Waals surface area contributed by atoms with Crippen molar-refractivity contribution in [3.8, 4) is 0 Å². The molecule has 4 N–H and O–H groups in total. The summed E-state index contributed by atoms with van der Waals surface area (Å²) in [5, 5.41) is 18.6. The van der Waals surface area contributed by atoms with Gasteiger partial charge in [0, 0.05) is 12.6 Å². The number of aliphatic hydroxyl groups excluding tert-OH is 2. The van der Waals surface area contributed by atoms with Crippen LogP contribution in [-0.4, -0.2) is 22.9 Å². The highest BCUT2D eigenvalue weighted by Gasteiger charge is 2.16. The summed E-state index contributed by atoms with van der Waals surface area (Å²) in [6, 6.07) is 5.39. The summed E-state index contributed by atoms with van der Waals surface area (Å²) in [5.74, 6) is 0. The third-order valence-electron chi connectivity index (χ3n) is 2.74. The monoisotopic (exact) mass is 209 g/mol. The van der Waals surface area contributed by atoms with Crippen LogP contribution in [0.3, 0.4) is 0 Å². The number of hydrogen-bond acceptors (Lipinski definition) is 3. The lowest BCUT2D eigenvalue weighted by Gasteiger charge is -2.19. The molecule has 3 heteroatoms. The first-order chi connectivity index (χ1) is 7.06. The highest BCUT2D eigenvalue weighted by atomic mass is 16.3. The number of aryl methyl sites for hydroxylation is 2. The summed E-state index contributed by atoms with van der Waals surface area (Å²) in [6.45, 7) is 4.03. The molecule has 0 aromatic heterocycles. The molecule has 0 aliphatic heterocycles. The van der Waals surface area contributed by atoms with Crippen LogP contribution < -0.4 is 5.73 Å². The summed E-state index contributed by atoms with van der Waals surface area (Å²) >= 11 is 0. The maximum atomic E-state index is 9.90. The van der Waals surface area contributed by atoms with Gasteiger partial charge in [0.15, 0.2) is 0 Å². The van der Waals surface area contributed by atoms with Gasteiger partial charge in [0.1, 0.15) is 0 Å². The molecule has 15 heavy (non-hydrogen) atoms. The van der Waals surface area contributed by atoms with E-state index < -0.39 is 12.1 Å². The number of rotatable bonds is 4. The molecule has 1 aromatic carbocycles. The fourth-order valence-corrected chi connectivity index (χ4v) is 1.50. The summed E-state index contributed by atoms with van der Waals surface area (Å²) in [6.07, 6.45) is -0.287. The lowest BCUT2D eigenvalue weighted by atomic mass is 9.97. The molecule has 84 valence electrons. The Kier molecular flexibility index (Phi) is 4.27. The number of hydrogen-bond donors (Lipinski definition) is 3. The smallest absolute Gasteiger partial charge is 0.0941 e. The lowest BCUT2D eigenvalue weighted by Crippen LogP contribution is -2.29. The standard InChI is InChI=1S/C12H19NO2/c1-8-3-4-10(7-9(8)2)12(15)11(13)5-6-14/h3-4,7,11-12,14-15H,5-6,13H2,1-2H3. The Labute approximate surface area is 90.5 Å². The second kappa shape index (κ2) is 5.26. The molecule has 0 fully saturated rings. The van der Waals surface area contributed by atoms with Crippen LogP contribution in [-0.2, 0) is 0 Å². The van der Waals surface area contributed by atoms with Crippen LogP contribution in [0.2, 0.25) is 0 Å². The van der Waals surface area contributed by atoms with Crippen molar-refractivity contribution in [2.24, 2.45) is 5.73 Å². The minimum absolute atomic E-state index is 0.00305. The van der Waals surface area contributed by atoms with Crippen molar-refractivity contribution in [1.29, 1.82) is 0 Å². The van der Waals surface area contributed by atoms with Gasteiger partial charge in [0.25, 0.3) is 0 Å². The summed E-state index contributed by atoms with van der Waals surface area (Å²) in [5.41, 5.74) is 8.89. The Balaban J connectivity index is 2.81. The van der Waals surface area contributed by atoms with Crippen LogP contribution in [0.25, 0.3) is 0 Å². The molecule has 0 bridgehead atoms. The molecule has 2 unspecified atom stereocenters. The predicted molar refractivity (Wildman–Crippen MR) is 60.6 cm³/mol. The zero-order valence-electron chi connectivity index (χ0n) is 9.27. The molecule has 0 radical (unpaired) electrons. The first kappa shape index (κ1) is 12.2. The van der Waals surface area contributed by atoms with E-state index in [9.17, 15) is 5.11 Å². The summed E-state index contributed by atoms with van der Waals surface area (Å²) < 4.78 is 0. The second-order valence-corrected chi connectivity index (χ2v) is 3.96. The number of benzene rings is 1. The van der Waals surface area contributed by atoms with Gasteiger partial charge in [-0.15, -0.1) is 0 Å². The quantitative estimate of drug-likeness (QED) is 0.694. The minimum Gasteiger partial charge on any atom is -0.396 e. The van der Waals surface area contributed by atoms with Crippen LogP contribution in [0, 0.1) is 13.8 Å². The second-order valence-electron chi connectivity index (χ2n) is 3.96. The van der Waals surface area contributed by atoms with Crippen molar-refractivity contribution in [3.05, 3.63) is 34.9 Å². The predicted octanol–water partition coefficient (Wildman–Crippen LogP) is 1.05. The highest BCUT2D eigenvalue weighted by molar-refractivity contribution is 5.31. The third-order valence-corrected chi connectivity index (χ3v) is 2.74. The van der Waals surface area contributed by atoms with Crippen molar-refractivity contribution in [1.82, 2.24) is 0 Å². The number of aliphatic hydroxyl groups is 2. The van der Waals surface area contributed by atoms with E-state index in [1.165, 1.54) is 5.56 Å². The van der Waals surface area contributed by atoms with E-state index in [4.69, 9.17) is 10.8 Å². The normalized spacial score (nSPS) is 15.0. The molecule has 0 saturated carbocycles. The van der Waals surface area contributed by atoms with Gasteiger partial charge in [-0.2, -0.15) is 0 Å². The molecule has 1 aromatic rings. The van der Waals surface area contributed by atoms with Gasteiger partial charge in [0.2, 0.25) is 0 Å². The molecule has 1 rings (SSSR count). The summed E-state index contributed by atoms with van der Waals surface area (Å²) in [4.78, 5) is 0. The molecule has 3 nitrogen and oxygen atoms in total. The van der Waals surface area contributed by atoms with Gasteiger partial charge >= 0.3 is 0 Å². The molecule has 0 aliphatic carbocycles. The lowest BCUT2D eigenvalue weighted by molar-refractivity contribution is 0.129. The van der Waals surface area contributed by atoms with Crippen molar-refractivity contribution in [2.45, 2.75) is 32.4 Å². The molecule has 0 spiro atoms. The van der Waals surface area contributed by atoms with Gasteiger partial charge in [-0.1, -0.05) is 18.2 Å². The Bertz CT molecular complexity index is 325. The molecular weight excluding hydrogens is 190 g/mol. The Morgan fingerprint density at radius 3 is 2.47 bits per heavy atom. The average molecular weight is 209 g/mol. The van der Waals surface area contributed by atoms with Crippen molar-refractivity contribution in [3.63, 3.8) is 0 Å². The zero-order valence-corrected chi connectivity index (χ0v) is 9.27. The van der Waals surface area contributed by atoms with Crippen molar-refractivity contribution in [2.75, 3.05) is 6.61 Å². The zero-order chi connectivity index (χ0) is 11.4. The topological polar surface area (TPSA) is 66.5 Å². The van der Waals surface area contributed by atoms with Crippen LogP contribution in [0.1, 0.15) is 29.2 Å². The Morgan fingerprint density at radius 1 is 1.27 bits per heavy atom. The molecular formula is C12H19NO2. The van der Waals surface area contributed by atoms with Gasteiger partial charge in [-0.05, 0) is 37.0 Å². The highest BCUT2D eigenvalue weighted by Crippen LogP contribution is 2.20. The van der Waals surface area contributed by atoms with E-state index in [-0.39, 0.29) is 6.61 Å².